The lowest BCUT2D eigenvalue weighted by Gasteiger charge is -2.26. The van der Waals surface area contributed by atoms with E-state index in [0.29, 0.717) is 24.1 Å². The fourth-order valence-electron chi connectivity index (χ4n) is 4.11. The van der Waals surface area contributed by atoms with Crippen LogP contribution in [-0.4, -0.2) is 29.6 Å². The van der Waals surface area contributed by atoms with Gasteiger partial charge in [0.2, 0.25) is 0 Å². The van der Waals surface area contributed by atoms with Gasteiger partial charge in [0.15, 0.2) is 11.5 Å². The number of nitrogens with zero attached hydrogens (tertiary/aromatic N) is 3. The second kappa shape index (κ2) is 7.86. The Labute approximate surface area is 174 Å². The molecule has 0 saturated carbocycles. The highest BCUT2D eigenvalue weighted by atomic mass is 32.1. The third-order valence-electron chi connectivity index (χ3n) is 5.52. The fraction of sp³-hybridized carbons (Fsp3) is 0.304. The van der Waals surface area contributed by atoms with E-state index in [0.717, 1.165) is 41.6 Å². The van der Waals surface area contributed by atoms with Crippen molar-refractivity contribution in [1.29, 1.82) is 5.26 Å². The molecule has 1 aromatic heterocycles. The van der Waals surface area contributed by atoms with Gasteiger partial charge in [-0.1, -0.05) is 30.3 Å². The number of aromatic nitrogens is 1. The van der Waals surface area contributed by atoms with Gasteiger partial charge in [-0.15, -0.1) is 11.3 Å². The predicted octanol–water partition coefficient (Wildman–Crippen LogP) is 4.79. The van der Waals surface area contributed by atoms with Gasteiger partial charge in [-0.3, -0.25) is 4.90 Å². The Balaban J connectivity index is 1.31. The lowest BCUT2D eigenvalue weighted by molar-refractivity contribution is 0.170. The van der Waals surface area contributed by atoms with Crippen LogP contribution >= 0.6 is 11.3 Å². The summed E-state index contributed by atoms with van der Waals surface area (Å²) < 4.78 is 11.4. The normalized spacial score (nSPS) is 18.5. The van der Waals surface area contributed by atoms with Gasteiger partial charge in [0.05, 0.1) is 6.20 Å². The maximum Gasteiger partial charge on any atom is 0.161 e. The van der Waals surface area contributed by atoms with Crippen LogP contribution in [0.15, 0.2) is 48.7 Å². The summed E-state index contributed by atoms with van der Waals surface area (Å²) in [4.78, 5) is 7.52. The first-order chi connectivity index (χ1) is 14.3. The van der Waals surface area contributed by atoms with Crippen LogP contribution in [-0.2, 0) is 6.54 Å². The van der Waals surface area contributed by atoms with E-state index in [-0.39, 0.29) is 0 Å². The standard InChI is InChI=1S/C23H21N3O2S/c24-13-19-14-25-23(29-19)17-5-3-16(4-6-17)15-26-9-1-2-20(26)18-7-8-21-22(12-18)28-11-10-27-21/h3-8,12,14,20H,1-2,9-11,15H2/t20-/m1/s1. The highest BCUT2D eigenvalue weighted by Crippen LogP contribution is 2.38. The van der Waals surface area contributed by atoms with E-state index in [2.05, 4.69) is 52.4 Å². The number of rotatable bonds is 4. The van der Waals surface area contributed by atoms with Crippen LogP contribution in [0.25, 0.3) is 10.6 Å². The number of benzene rings is 2. The summed E-state index contributed by atoms with van der Waals surface area (Å²) in [7, 11) is 0. The second-order valence-corrected chi connectivity index (χ2v) is 8.40. The van der Waals surface area contributed by atoms with Crippen molar-refractivity contribution in [3.63, 3.8) is 0 Å². The van der Waals surface area contributed by atoms with Gasteiger partial charge in [-0.25, -0.2) is 4.98 Å². The van der Waals surface area contributed by atoms with E-state index in [9.17, 15) is 0 Å². The summed E-state index contributed by atoms with van der Waals surface area (Å²) in [6.45, 7) is 3.25. The molecule has 1 atom stereocenters. The zero-order valence-corrected chi connectivity index (χ0v) is 16.8. The molecule has 1 saturated heterocycles. The minimum atomic E-state index is 0.405. The van der Waals surface area contributed by atoms with Crippen molar-refractivity contribution in [2.75, 3.05) is 19.8 Å². The topological polar surface area (TPSA) is 58.4 Å². The Morgan fingerprint density at radius 3 is 2.72 bits per heavy atom. The monoisotopic (exact) mass is 403 g/mol. The van der Waals surface area contributed by atoms with Crippen LogP contribution in [0, 0.1) is 11.3 Å². The molecule has 1 fully saturated rings. The molecule has 6 heteroatoms. The lowest BCUT2D eigenvalue weighted by Crippen LogP contribution is -2.23. The lowest BCUT2D eigenvalue weighted by atomic mass is 10.0. The molecule has 0 spiro atoms. The Morgan fingerprint density at radius 2 is 1.93 bits per heavy atom. The van der Waals surface area contributed by atoms with Crippen LogP contribution in [0.3, 0.4) is 0 Å². The average molecular weight is 404 g/mol. The van der Waals surface area contributed by atoms with E-state index < -0.39 is 0 Å². The first-order valence-corrected chi connectivity index (χ1v) is 10.7. The predicted molar refractivity (Wildman–Crippen MR) is 112 cm³/mol. The minimum Gasteiger partial charge on any atom is -0.486 e. The summed E-state index contributed by atoms with van der Waals surface area (Å²) in [6, 6.07) is 17.5. The van der Waals surface area contributed by atoms with Crippen molar-refractivity contribution in [3.05, 3.63) is 64.7 Å². The molecule has 29 heavy (non-hydrogen) atoms. The van der Waals surface area contributed by atoms with Crippen molar-refractivity contribution in [2.24, 2.45) is 0 Å². The molecule has 2 aromatic carbocycles. The average Bonchev–Trinajstić information content (AvgIpc) is 3.43. The maximum absolute atomic E-state index is 8.99. The van der Waals surface area contributed by atoms with E-state index >= 15 is 0 Å². The highest BCUT2D eigenvalue weighted by Gasteiger charge is 2.27. The maximum atomic E-state index is 8.99. The summed E-state index contributed by atoms with van der Waals surface area (Å²) in [5.74, 6) is 1.71. The minimum absolute atomic E-state index is 0.405. The van der Waals surface area contributed by atoms with Gasteiger partial charge in [0.25, 0.3) is 0 Å². The summed E-state index contributed by atoms with van der Waals surface area (Å²) in [6.07, 6.45) is 4.00. The Hall–Kier alpha value is -2.88. The van der Waals surface area contributed by atoms with E-state index in [1.807, 2.05) is 6.07 Å². The van der Waals surface area contributed by atoms with Gasteiger partial charge in [-0.05, 0) is 42.6 Å². The molecule has 0 amide bonds. The number of nitriles is 1. The van der Waals surface area contributed by atoms with Crippen molar-refractivity contribution < 1.29 is 9.47 Å². The number of ether oxygens (including phenoxy) is 2. The van der Waals surface area contributed by atoms with Crippen molar-refractivity contribution in [3.8, 4) is 28.1 Å². The van der Waals surface area contributed by atoms with Crippen LogP contribution in [0.1, 0.15) is 34.9 Å². The van der Waals surface area contributed by atoms with Gasteiger partial charge in [0.1, 0.15) is 29.2 Å². The number of likely N-dealkylation sites (tertiary alicyclic amines) is 1. The van der Waals surface area contributed by atoms with Crippen molar-refractivity contribution in [2.45, 2.75) is 25.4 Å². The quantitative estimate of drug-likeness (QED) is 0.627. The number of thiazole rings is 1. The van der Waals surface area contributed by atoms with Gasteiger partial charge in [0, 0.05) is 18.2 Å². The van der Waals surface area contributed by atoms with Crippen LogP contribution in [0.2, 0.25) is 0 Å². The molecule has 146 valence electrons. The van der Waals surface area contributed by atoms with Crippen molar-refractivity contribution >= 4 is 11.3 Å². The SMILES string of the molecule is N#Cc1cnc(-c2ccc(CN3CCC[C@@H]3c3ccc4c(c3)OCCO4)cc2)s1. The molecule has 2 aliphatic heterocycles. The van der Waals surface area contributed by atoms with E-state index in [1.54, 1.807) is 6.20 Å². The van der Waals surface area contributed by atoms with Crippen LogP contribution in [0.4, 0.5) is 0 Å². The second-order valence-electron chi connectivity index (χ2n) is 7.37. The molecule has 0 bridgehead atoms. The summed E-state index contributed by atoms with van der Waals surface area (Å²) in [5, 5.41) is 9.88. The van der Waals surface area contributed by atoms with E-state index in [1.165, 1.54) is 28.9 Å². The molecule has 2 aliphatic rings. The molecule has 5 nitrogen and oxygen atoms in total. The molecule has 0 aliphatic carbocycles. The summed E-state index contributed by atoms with van der Waals surface area (Å²) in [5.41, 5.74) is 3.65. The van der Waals surface area contributed by atoms with Gasteiger partial charge in [-0.2, -0.15) is 5.26 Å². The number of fused-ring (bicyclic) bond motifs is 1. The molecular weight excluding hydrogens is 382 g/mol. The van der Waals surface area contributed by atoms with Crippen molar-refractivity contribution in [1.82, 2.24) is 9.88 Å². The molecule has 0 radical (unpaired) electrons. The molecule has 0 unspecified atom stereocenters. The molecule has 3 heterocycles. The van der Waals surface area contributed by atoms with Crippen LogP contribution in [0.5, 0.6) is 11.5 Å². The highest BCUT2D eigenvalue weighted by molar-refractivity contribution is 7.15. The smallest absolute Gasteiger partial charge is 0.161 e. The first kappa shape index (κ1) is 18.2. The third kappa shape index (κ3) is 3.71. The zero-order valence-electron chi connectivity index (χ0n) is 16.0. The van der Waals surface area contributed by atoms with Gasteiger partial charge < -0.3 is 9.47 Å². The number of hydrogen-bond donors (Lipinski definition) is 0. The number of hydrogen-bond acceptors (Lipinski definition) is 6. The Morgan fingerprint density at radius 1 is 1.10 bits per heavy atom. The Bertz CT molecular complexity index is 1050. The molecule has 3 aromatic rings. The van der Waals surface area contributed by atoms with E-state index in [4.69, 9.17) is 14.7 Å². The third-order valence-corrected chi connectivity index (χ3v) is 6.47. The molecule has 0 N–H and O–H groups in total. The molecule has 5 rings (SSSR count). The largest absolute Gasteiger partial charge is 0.486 e. The zero-order chi connectivity index (χ0) is 19.6. The molecular formula is C23H21N3O2S. The first-order valence-electron chi connectivity index (χ1n) is 9.89. The Kier molecular flexibility index (Phi) is 4.92. The van der Waals surface area contributed by atoms with Crippen LogP contribution < -0.4 is 9.47 Å². The fourth-order valence-corrected chi connectivity index (χ4v) is 4.83. The summed E-state index contributed by atoms with van der Waals surface area (Å²) >= 11 is 1.43. The van der Waals surface area contributed by atoms with Gasteiger partial charge >= 0.3 is 0 Å².